The number of likely N-dealkylation sites (tertiary alicyclic amines) is 1. The molecule has 19 heavy (non-hydrogen) atoms. The number of thiophene rings is 1. The molecule has 0 aliphatic carbocycles. The van der Waals surface area contributed by atoms with Crippen molar-refractivity contribution in [1.82, 2.24) is 10.2 Å². The zero-order valence-corrected chi connectivity index (χ0v) is 12.8. The molecule has 1 amide bonds. The van der Waals surface area contributed by atoms with Gasteiger partial charge in [0.2, 0.25) is 5.91 Å². The van der Waals surface area contributed by atoms with Crippen LogP contribution in [0.25, 0.3) is 0 Å². The molecule has 0 aromatic carbocycles. The van der Waals surface area contributed by atoms with E-state index in [1.54, 1.807) is 11.3 Å². The van der Waals surface area contributed by atoms with E-state index in [1.807, 2.05) is 18.4 Å². The highest BCUT2D eigenvalue weighted by Crippen LogP contribution is 2.26. The Hall–Kier alpha value is -0.580. The first-order chi connectivity index (χ1) is 8.74. The van der Waals surface area contributed by atoms with E-state index >= 15 is 0 Å². The van der Waals surface area contributed by atoms with Gasteiger partial charge in [-0.15, -0.1) is 23.7 Å². The Morgan fingerprint density at radius 2 is 2.21 bits per heavy atom. The minimum atomic E-state index is 0. The lowest BCUT2D eigenvalue weighted by Gasteiger charge is -2.26. The monoisotopic (exact) mass is 300 g/mol. The lowest BCUT2D eigenvalue weighted by atomic mass is 10.0. The van der Waals surface area contributed by atoms with Crippen molar-refractivity contribution in [2.75, 3.05) is 13.1 Å². The van der Waals surface area contributed by atoms with Crippen LogP contribution in [0.2, 0.25) is 0 Å². The number of hydrogen-bond donors (Lipinski definition) is 1. The van der Waals surface area contributed by atoms with Crippen molar-refractivity contribution < 1.29 is 4.79 Å². The molecule has 3 rings (SSSR count). The molecule has 2 bridgehead atoms. The molecular weight excluding hydrogens is 280 g/mol. The van der Waals surface area contributed by atoms with Gasteiger partial charge in [0.05, 0.1) is 5.92 Å². The number of amides is 1. The van der Waals surface area contributed by atoms with Gasteiger partial charge in [0.1, 0.15) is 0 Å². The topological polar surface area (TPSA) is 32.3 Å². The molecule has 0 saturated carbocycles. The van der Waals surface area contributed by atoms with E-state index in [0.29, 0.717) is 18.0 Å². The van der Waals surface area contributed by atoms with Crippen molar-refractivity contribution in [3.63, 3.8) is 0 Å². The van der Waals surface area contributed by atoms with Gasteiger partial charge in [-0.1, -0.05) is 6.07 Å². The first kappa shape index (κ1) is 14.8. The number of nitrogens with zero attached hydrogens (tertiary/aromatic N) is 1. The van der Waals surface area contributed by atoms with E-state index in [4.69, 9.17) is 0 Å². The fraction of sp³-hybridized carbons (Fsp3) is 0.643. The van der Waals surface area contributed by atoms with E-state index in [-0.39, 0.29) is 18.3 Å². The summed E-state index contributed by atoms with van der Waals surface area (Å²) in [5, 5.41) is 5.67. The Kier molecular flexibility index (Phi) is 4.87. The summed E-state index contributed by atoms with van der Waals surface area (Å²) in [5.41, 5.74) is 0. The highest BCUT2D eigenvalue weighted by molar-refractivity contribution is 7.10. The lowest BCUT2D eigenvalue weighted by Crippen LogP contribution is -2.40. The second kappa shape index (κ2) is 6.25. The summed E-state index contributed by atoms with van der Waals surface area (Å²) in [5.74, 6) is 0.313. The highest BCUT2D eigenvalue weighted by atomic mass is 35.5. The Labute approximate surface area is 124 Å². The minimum Gasteiger partial charge on any atom is -0.341 e. The van der Waals surface area contributed by atoms with Crippen molar-refractivity contribution in [2.24, 2.45) is 0 Å². The molecule has 1 N–H and O–H groups in total. The molecule has 2 saturated heterocycles. The van der Waals surface area contributed by atoms with Gasteiger partial charge in [-0.2, -0.15) is 0 Å². The van der Waals surface area contributed by atoms with Crippen molar-refractivity contribution >= 4 is 29.7 Å². The Morgan fingerprint density at radius 1 is 1.42 bits per heavy atom. The van der Waals surface area contributed by atoms with Crippen LogP contribution in [0.1, 0.15) is 37.0 Å². The van der Waals surface area contributed by atoms with E-state index < -0.39 is 0 Å². The number of carbonyl (C=O) groups is 1. The van der Waals surface area contributed by atoms with Gasteiger partial charge in [0, 0.05) is 30.1 Å². The van der Waals surface area contributed by atoms with Gasteiger partial charge >= 0.3 is 0 Å². The van der Waals surface area contributed by atoms with Crippen LogP contribution in [-0.2, 0) is 4.79 Å². The van der Waals surface area contributed by atoms with E-state index in [0.717, 1.165) is 19.5 Å². The summed E-state index contributed by atoms with van der Waals surface area (Å²) in [6, 6.07) is 5.26. The van der Waals surface area contributed by atoms with Crippen molar-refractivity contribution in [2.45, 2.75) is 44.2 Å². The van der Waals surface area contributed by atoms with Crippen LogP contribution in [0.15, 0.2) is 17.5 Å². The number of halogens is 1. The molecule has 106 valence electrons. The molecule has 0 radical (unpaired) electrons. The second-order valence-electron chi connectivity index (χ2n) is 5.45. The molecule has 1 aromatic rings. The molecule has 2 aliphatic heterocycles. The lowest BCUT2D eigenvalue weighted by molar-refractivity contribution is -0.132. The van der Waals surface area contributed by atoms with Gasteiger partial charge in [-0.3, -0.25) is 4.79 Å². The maximum Gasteiger partial charge on any atom is 0.230 e. The third kappa shape index (κ3) is 3.12. The average Bonchev–Trinajstić information content (AvgIpc) is 2.97. The molecule has 2 fully saturated rings. The smallest absolute Gasteiger partial charge is 0.230 e. The van der Waals surface area contributed by atoms with Crippen LogP contribution >= 0.6 is 23.7 Å². The van der Waals surface area contributed by atoms with Crippen molar-refractivity contribution in [3.05, 3.63) is 22.4 Å². The zero-order valence-electron chi connectivity index (χ0n) is 11.2. The Balaban J connectivity index is 0.00000133. The molecule has 3 unspecified atom stereocenters. The number of nitrogens with one attached hydrogen (secondary N) is 1. The normalized spacial score (nSPS) is 27.5. The Morgan fingerprint density at radius 3 is 2.95 bits per heavy atom. The number of rotatable bonds is 2. The standard InChI is InChI=1S/C14H20N2OS.ClH/c1-10(13-3-2-8-18-13)14(17)16-7-6-11-4-5-12(9-16)15-11;/h2-3,8,10-12,15H,4-7,9H2,1H3;1H. The second-order valence-corrected chi connectivity index (χ2v) is 6.43. The molecule has 3 atom stereocenters. The van der Waals surface area contributed by atoms with Crippen LogP contribution in [0.3, 0.4) is 0 Å². The largest absolute Gasteiger partial charge is 0.341 e. The van der Waals surface area contributed by atoms with E-state index in [2.05, 4.69) is 16.3 Å². The summed E-state index contributed by atoms with van der Waals surface area (Å²) in [4.78, 5) is 15.8. The van der Waals surface area contributed by atoms with Gasteiger partial charge in [-0.25, -0.2) is 0 Å². The summed E-state index contributed by atoms with van der Waals surface area (Å²) in [6.45, 7) is 3.85. The summed E-state index contributed by atoms with van der Waals surface area (Å²) in [6.07, 6.45) is 3.62. The van der Waals surface area contributed by atoms with Crippen LogP contribution in [0.4, 0.5) is 0 Å². The minimum absolute atomic E-state index is 0. The van der Waals surface area contributed by atoms with Gasteiger partial charge < -0.3 is 10.2 Å². The maximum absolute atomic E-state index is 12.5. The molecule has 3 heterocycles. The van der Waals surface area contributed by atoms with E-state index in [1.165, 1.54) is 17.7 Å². The SMILES string of the molecule is CC(C(=O)N1CCC2CCC(C1)N2)c1cccs1.Cl. The first-order valence-corrected chi connectivity index (χ1v) is 7.70. The first-order valence-electron chi connectivity index (χ1n) is 6.82. The molecule has 1 aromatic heterocycles. The van der Waals surface area contributed by atoms with Crippen LogP contribution in [-0.4, -0.2) is 36.0 Å². The van der Waals surface area contributed by atoms with Gasteiger partial charge in [0.25, 0.3) is 0 Å². The highest BCUT2D eigenvalue weighted by Gasteiger charge is 2.32. The molecule has 3 nitrogen and oxygen atoms in total. The Bertz CT molecular complexity index is 423. The fourth-order valence-corrected chi connectivity index (χ4v) is 3.85. The number of fused-ring (bicyclic) bond motifs is 2. The summed E-state index contributed by atoms with van der Waals surface area (Å²) >= 11 is 1.68. The molecule has 5 heteroatoms. The van der Waals surface area contributed by atoms with E-state index in [9.17, 15) is 4.79 Å². The zero-order chi connectivity index (χ0) is 12.5. The van der Waals surface area contributed by atoms with Crippen LogP contribution < -0.4 is 5.32 Å². The number of carbonyl (C=O) groups excluding carboxylic acids is 1. The third-order valence-electron chi connectivity index (χ3n) is 4.18. The van der Waals surface area contributed by atoms with Gasteiger partial charge in [-0.05, 0) is 37.6 Å². The summed E-state index contributed by atoms with van der Waals surface area (Å²) < 4.78 is 0. The predicted octanol–water partition coefficient (Wildman–Crippen LogP) is 2.63. The molecule has 2 aliphatic rings. The molecular formula is C14H21ClN2OS. The quantitative estimate of drug-likeness (QED) is 0.910. The number of hydrogen-bond acceptors (Lipinski definition) is 3. The predicted molar refractivity (Wildman–Crippen MR) is 81.1 cm³/mol. The fourth-order valence-electron chi connectivity index (χ4n) is 3.08. The van der Waals surface area contributed by atoms with Crippen LogP contribution in [0, 0.1) is 0 Å². The van der Waals surface area contributed by atoms with Crippen molar-refractivity contribution in [1.29, 1.82) is 0 Å². The third-order valence-corrected chi connectivity index (χ3v) is 5.23. The van der Waals surface area contributed by atoms with Crippen molar-refractivity contribution in [3.8, 4) is 0 Å². The van der Waals surface area contributed by atoms with Gasteiger partial charge in [0.15, 0.2) is 0 Å². The van der Waals surface area contributed by atoms with Crippen LogP contribution in [0.5, 0.6) is 0 Å². The maximum atomic E-state index is 12.5. The average molecular weight is 301 g/mol. The summed E-state index contributed by atoms with van der Waals surface area (Å²) in [7, 11) is 0. The molecule has 0 spiro atoms.